The van der Waals surface area contributed by atoms with Gasteiger partial charge in [0.05, 0.1) is 25.2 Å². The van der Waals surface area contributed by atoms with Crippen LogP contribution < -0.4 is 10.9 Å². The first-order chi connectivity index (χ1) is 14.9. The number of thioether (sulfide) groups is 1. The Hall–Kier alpha value is -2.17. The lowest BCUT2D eigenvalue weighted by molar-refractivity contribution is 0.103. The quantitative estimate of drug-likeness (QED) is 0.359. The van der Waals surface area contributed by atoms with Crippen LogP contribution in [-0.2, 0) is 0 Å². The summed E-state index contributed by atoms with van der Waals surface area (Å²) in [6, 6.07) is 10.6. The number of amides is 1. The number of halogens is 2. The molecule has 1 aliphatic heterocycles. The maximum absolute atomic E-state index is 13.3. The number of rotatable bonds is 3. The smallest absolute Gasteiger partial charge is 0.283 e. The Labute approximate surface area is 198 Å². The van der Waals surface area contributed by atoms with Crippen molar-refractivity contribution in [3.05, 3.63) is 71.4 Å². The number of hydrogen-bond acceptors (Lipinski definition) is 7. The Balaban J connectivity index is 1.57. The molecule has 156 valence electrons. The number of carbonyl (C=O) groups excluding carboxylic acids is 1. The van der Waals surface area contributed by atoms with Gasteiger partial charge in [0.25, 0.3) is 11.5 Å². The summed E-state index contributed by atoms with van der Waals surface area (Å²) in [5.41, 5.74) is 1.64. The maximum Gasteiger partial charge on any atom is 0.283 e. The number of nitrogens with one attached hydrogen (secondary N) is 1. The highest BCUT2D eigenvalue weighted by Crippen LogP contribution is 2.32. The third-order valence-electron chi connectivity index (χ3n) is 4.62. The van der Waals surface area contributed by atoms with Crippen LogP contribution in [0, 0.1) is 6.92 Å². The molecule has 0 spiro atoms. The molecule has 0 aliphatic carbocycles. The van der Waals surface area contributed by atoms with E-state index < -0.39 is 0 Å². The van der Waals surface area contributed by atoms with Crippen molar-refractivity contribution in [2.24, 2.45) is 5.10 Å². The summed E-state index contributed by atoms with van der Waals surface area (Å²) in [5.74, 6) is 0.275. The van der Waals surface area contributed by atoms with E-state index in [4.69, 9.17) is 23.2 Å². The lowest BCUT2D eigenvalue weighted by atomic mass is 10.2. The second kappa shape index (κ2) is 8.07. The number of thiophene rings is 2. The monoisotopic (exact) mass is 506 g/mol. The van der Waals surface area contributed by atoms with Crippen LogP contribution in [-0.4, -0.2) is 27.0 Å². The van der Waals surface area contributed by atoms with Crippen molar-refractivity contribution >= 4 is 85.2 Å². The van der Waals surface area contributed by atoms with E-state index in [9.17, 15) is 9.59 Å². The van der Waals surface area contributed by atoms with E-state index in [-0.39, 0.29) is 11.5 Å². The molecule has 5 rings (SSSR count). The fraction of sp³-hybridized carbons (Fsp3) is 0.100. The third-order valence-corrected chi connectivity index (χ3v) is 8.26. The van der Waals surface area contributed by atoms with Gasteiger partial charge in [-0.3, -0.25) is 9.59 Å². The molecule has 4 aromatic rings. The van der Waals surface area contributed by atoms with Crippen molar-refractivity contribution in [3.8, 4) is 0 Å². The molecular weight excluding hydrogens is 495 g/mol. The highest BCUT2D eigenvalue weighted by molar-refractivity contribution is 7.99. The minimum absolute atomic E-state index is 0.289. The van der Waals surface area contributed by atoms with Crippen LogP contribution >= 0.6 is 57.6 Å². The van der Waals surface area contributed by atoms with Gasteiger partial charge < -0.3 is 5.32 Å². The van der Waals surface area contributed by atoms with Crippen LogP contribution in [0.4, 0.5) is 5.69 Å². The molecule has 0 radical (unpaired) electrons. The summed E-state index contributed by atoms with van der Waals surface area (Å²) >= 11 is 16.1. The average Bonchev–Trinajstić information content (AvgIpc) is 3.31. The number of aryl methyl sites for hydroxylation is 1. The fourth-order valence-corrected chi connectivity index (χ4v) is 6.49. The summed E-state index contributed by atoms with van der Waals surface area (Å²) in [4.78, 5) is 32.6. The van der Waals surface area contributed by atoms with Crippen LogP contribution in [0.5, 0.6) is 0 Å². The van der Waals surface area contributed by atoms with Crippen LogP contribution in [0.15, 0.2) is 51.5 Å². The van der Waals surface area contributed by atoms with Gasteiger partial charge in [0, 0.05) is 16.5 Å². The zero-order valence-corrected chi connectivity index (χ0v) is 19.8. The molecule has 1 N–H and O–H groups in total. The van der Waals surface area contributed by atoms with E-state index in [0.29, 0.717) is 46.6 Å². The Morgan fingerprint density at radius 1 is 1.19 bits per heavy atom. The first-order valence-electron chi connectivity index (χ1n) is 9.00. The van der Waals surface area contributed by atoms with E-state index >= 15 is 0 Å². The molecule has 0 saturated heterocycles. The van der Waals surface area contributed by atoms with Gasteiger partial charge in [0.15, 0.2) is 5.16 Å². The second-order valence-corrected chi connectivity index (χ2v) is 10.7. The van der Waals surface area contributed by atoms with Gasteiger partial charge in [-0.25, -0.2) is 4.98 Å². The SMILES string of the molecule is Cc1c(C(=O)Nc2cccc(Cl)c2)sc2nc3n(c(=O)c12)N=C(c1ccc(Cl)s1)CS3. The Bertz CT molecular complexity index is 1450. The van der Waals surface area contributed by atoms with Crippen LogP contribution in [0.25, 0.3) is 10.2 Å². The molecular formula is C20H12Cl2N4O2S3. The summed E-state index contributed by atoms with van der Waals surface area (Å²) in [6.45, 7) is 1.75. The second-order valence-electron chi connectivity index (χ2n) is 6.65. The highest BCUT2D eigenvalue weighted by atomic mass is 35.5. The number of hydrogen-bond donors (Lipinski definition) is 1. The predicted octanol–water partition coefficient (Wildman–Crippen LogP) is 5.75. The van der Waals surface area contributed by atoms with Gasteiger partial charge in [-0.2, -0.15) is 9.78 Å². The minimum atomic E-state index is -0.310. The van der Waals surface area contributed by atoms with Crippen LogP contribution in [0.1, 0.15) is 20.1 Å². The van der Waals surface area contributed by atoms with Crippen LogP contribution in [0.2, 0.25) is 9.36 Å². The summed E-state index contributed by atoms with van der Waals surface area (Å²) in [7, 11) is 0. The molecule has 4 heterocycles. The Kier molecular flexibility index (Phi) is 5.39. The van der Waals surface area contributed by atoms with Gasteiger partial charge >= 0.3 is 0 Å². The van der Waals surface area contributed by atoms with E-state index in [1.54, 1.807) is 31.2 Å². The van der Waals surface area contributed by atoms with Crippen molar-refractivity contribution in [3.63, 3.8) is 0 Å². The lowest BCUT2D eigenvalue weighted by Crippen LogP contribution is -2.25. The van der Waals surface area contributed by atoms with Crippen molar-refractivity contribution in [1.29, 1.82) is 0 Å². The molecule has 0 bridgehead atoms. The molecule has 11 heteroatoms. The molecule has 31 heavy (non-hydrogen) atoms. The van der Waals surface area contributed by atoms with Crippen molar-refractivity contribution in [2.45, 2.75) is 12.1 Å². The molecule has 1 amide bonds. The number of benzene rings is 1. The van der Waals surface area contributed by atoms with Gasteiger partial charge in [0.1, 0.15) is 4.83 Å². The fourth-order valence-electron chi connectivity index (χ4n) is 3.18. The topological polar surface area (TPSA) is 76.3 Å². The molecule has 0 fully saturated rings. The molecule has 0 unspecified atom stereocenters. The van der Waals surface area contributed by atoms with E-state index in [1.165, 1.54) is 39.1 Å². The summed E-state index contributed by atoms with van der Waals surface area (Å²) in [5, 5.41) is 8.79. The molecule has 1 aliphatic rings. The van der Waals surface area contributed by atoms with Crippen molar-refractivity contribution in [1.82, 2.24) is 9.66 Å². The minimum Gasteiger partial charge on any atom is -0.321 e. The van der Waals surface area contributed by atoms with Gasteiger partial charge in [0.2, 0.25) is 0 Å². The zero-order valence-electron chi connectivity index (χ0n) is 15.8. The van der Waals surface area contributed by atoms with Gasteiger partial charge in [-0.05, 0) is 42.8 Å². The Morgan fingerprint density at radius 3 is 2.77 bits per heavy atom. The van der Waals surface area contributed by atoms with Crippen molar-refractivity contribution in [2.75, 3.05) is 11.1 Å². The molecule has 0 atom stereocenters. The van der Waals surface area contributed by atoms with Crippen molar-refractivity contribution < 1.29 is 4.79 Å². The summed E-state index contributed by atoms with van der Waals surface area (Å²) in [6.07, 6.45) is 0. The van der Waals surface area contributed by atoms with Gasteiger partial charge in [-0.15, -0.1) is 22.7 Å². The number of anilines is 1. The highest BCUT2D eigenvalue weighted by Gasteiger charge is 2.24. The van der Waals surface area contributed by atoms with Gasteiger partial charge in [-0.1, -0.05) is 41.0 Å². The molecule has 1 aromatic carbocycles. The summed E-state index contributed by atoms with van der Waals surface area (Å²) < 4.78 is 1.98. The first-order valence-corrected chi connectivity index (χ1v) is 12.4. The van der Waals surface area contributed by atoms with E-state index in [1.807, 2.05) is 12.1 Å². The molecule has 0 saturated carbocycles. The number of carbonyl (C=O) groups is 1. The maximum atomic E-state index is 13.3. The molecule has 3 aromatic heterocycles. The third kappa shape index (κ3) is 3.81. The number of fused-ring (bicyclic) bond motifs is 2. The standard InChI is InChI=1S/C20H12Cl2N4O2S3/c1-9-15-18(31-16(9)17(27)23-11-4-2-3-10(21)7-11)24-20-26(19(15)28)25-12(8-29-20)13-5-6-14(22)30-13/h2-7H,8H2,1H3,(H,23,27). The number of nitrogens with zero attached hydrogens (tertiary/aromatic N) is 3. The van der Waals surface area contributed by atoms with E-state index in [0.717, 1.165) is 10.6 Å². The normalized spacial score (nSPS) is 13.2. The molecule has 6 nitrogen and oxygen atoms in total. The van der Waals surface area contributed by atoms with E-state index in [2.05, 4.69) is 15.4 Å². The Morgan fingerprint density at radius 2 is 2.03 bits per heavy atom. The number of aromatic nitrogens is 2. The van der Waals surface area contributed by atoms with Crippen LogP contribution in [0.3, 0.4) is 0 Å². The first kappa shape index (κ1) is 20.7. The largest absolute Gasteiger partial charge is 0.321 e. The average molecular weight is 507 g/mol. The predicted molar refractivity (Wildman–Crippen MR) is 130 cm³/mol. The zero-order chi connectivity index (χ0) is 21.7. The lowest BCUT2D eigenvalue weighted by Gasteiger charge is -2.14.